The van der Waals surface area contributed by atoms with Crippen molar-refractivity contribution in [1.29, 1.82) is 0 Å². The van der Waals surface area contributed by atoms with Gasteiger partial charge in [0.25, 0.3) is 0 Å². The highest BCUT2D eigenvalue weighted by Gasteiger charge is 2.27. The number of hydrogen-bond donors (Lipinski definition) is 2. The first kappa shape index (κ1) is 13.9. The third-order valence-electron chi connectivity index (χ3n) is 3.06. The Kier molecular flexibility index (Phi) is 4.85. The highest BCUT2D eigenvalue weighted by atomic mass is 32.2. The van der Waals surface area contributed by atoms with E-state index in [0.29, 0.717) is 19.4 Å². The zero-order valence-corrected chi connectivity index (χ0v) is 11.4. The summed E-state index contributed by atoms with van der Waals surface area (Å²) in [4.78, 5) is 23.5. The summed E-state index contributed by atoms with van der Waals surface area (Å²) >= 11 is 1.61. The normalized spacial score (nSPS) is 16.9. The van der Waals surface area contributed by atoms with Crippen LogP contribution in [-0.2, 0) is 16.0 Å². The maximum Gasteiger partial charge on any atom is 0.303 e. The molecule has 102 valence electrons. The third-order valence-corrected chi connectivity index (χ3v) is 4.37. The first-order valence-corrected chi connectivity index (χ1v) is 7.29. The molecule has 19 heavy (non-hydrogen) atoms. The number of carbonyl (C=O) groups is 2. The van der Waals surface area contributed by atoms with Crippen LogP contribution < -0.4 is 5.32 Å². The molecule has 0 aliphatic carbocycles. The van der Waals surface area contributed by atoms with E-state index in [1.165, 1.54) is 10.5 Å². The standard InChI is InChI=1S/C14H17NO3S/c16-13(17)7-3-4-8-15-14(18)12-9-10-5-1-2-6-11(10)19-12/h1-2,5-6,12H,3-4,7-9H2,(H,15,18)(H,16,17). The number of benzene rings is 1. The molecular formula is C14H17NO3S. The Bertz CT molecular complexity index is 451. The second-order valence-electron chi connectivity index (χ2n) is 4.56. The Morgan fingerprint density at radius 2 is 2.11 bits per heavy atom. The number of aliphatic carboxylic acids is 1. The minimum Gasteiger partial charge on any atom is -0.481 e. The van der Waals surface area contributed by atoms with E-state index < -0.39 is 5.97 Å². The lowest BCUT2D eigenvalue weighted by Crippen LogP contribution is -2.33. The molecule has 4 nitrogen and oxygen atoms in total. The van der Waals surface area contributed by atoms with Gasteiger partial charge in [-0.2, -0.15) is 0 Å². The predicted octanol–water partition coefficient (Wildman–Crippen LogP) is 2.07. The molecule has 2 N–H and O–H groups in total. The Morgan fingerprint density at radius 3 is 2.84 bits per heavy atom. The largest absolute Gasteiger partial charge is 0.481 e. The van der Waals surface area contributed by atoms with Crippen LogP contribution in [0.4, 0.5) is 0 Å². The van der Waals surface area contributed by atoms with E-state index in [9.17, 15) is 9.59 Å². The fourth-order valence-corrected chi connectivity index (χ4v) is 3.27. The monoisotopic (exact) mass is 279 g/mol. The number of amides is 1. The van der Waals surface area contributed by atoms with Gasteiger partial charge in [-0.1, -0.05) is 18.2 Å². The van der Waals surface area contributed by atoms with E-state index in [4.69, 9.17) is 5.11 Å². The minimum atomic E-state index is -0.784. The van der Waals surface area contributed by atoms with E-state index in [0.717, 1.165) is 6.42 Å². The van der Waals surface area contributed by atoms with Crippen LogP contribution in [-0.4, -0.2) is 28.8 Å². The molecular weight excluding hydrogens is 262 g/mol. The second-order valence-corrected chi connectivity index (χ2v) is 5.80. The summed E-state index contributed by atoms with van der Waals surface area (Å²) in [7, 11) is 0. The lowest BCUT2D eigenvalue weighted by molar-refractivity contribution is -0.137. The van der Waals surface area contributed by atoms with Gasteiger partial charge in [0.1, 0.15) is 0 Å². The van der Waals surface area contributed by atoms with Gasteiger partial charge in [-0.3, -0.25) is 9.59 Å². The van der Waals surface area contributed by atoms with Crippen molar-refractivity contribution >= 4 is 23.6 Å². The van der Waals surface area contributed by atoms with Crippen molar-refractivity contribution in [3.8, 4) is 0 Å². The quantitative estimate of drug-likeness (QED) is 0.782. The molecule has 1 unspecified atom stereocenters. The van der Waals surface area contributed by atoms with Gasteiger partial charge in [0.05, 0.1) is 5.25 Å². The molecule has 0 spiro atoms. The van der Waals surface area contributed by atoms with Crippen LogP contribution in [0.1, 0.15) is 24.8 Å². The zero-order chi connectivity index (χ0) is 13.7. The van der Waals surface area contributed by atoms with Crippen molar-refractivity contribution in [2.24, 2.45) is 0 Å². The van der Waals surface area contributed by atoms with Crippen molar-refractivity contribution in [3.63, 3.8) is 0 Å². The summed E-state index contributed by atoms with van der Waals surface area (Å²) in [5.41, 5.74) is 1.23. The third kappa shape index (κ3) is 3.99. The number of thioether (sulfide) groups is 1. The molecule has 0 saturated carbocycles. The number of fused-ring (bicyclic) bond motifs is 1. The average Bonchev–Trinajstić information content (AvgIpc) is 2.81. The molecule has 1 aliphatic rings. The topological polar surface area (TPSA) is 66.4 Å². The Morgan fingerprint density at radius 1 is 1.32 bits per heavy atom. The molecule has 0 fully saturated rings. The number of unbranched alkanes of at least 4 members (excludes halogenated alkanes) is 1. The van der Waals surface area contributed by atoms with E-state index >= 15 is 0 Å². The highest BCUT2D eigenvalue weighted by molar-refractivity contribution is 8.01. The average molecular weight is 279 g/mol. The first-order valence-electron chi connectivity index (χ1n) is 6.41. The molecule has 2 rings (SSSR count). The summed E-state index contributed by atoms with van der Waals surface area (Å²) in [5, 5.41) is 11.3. The Balaban J connectivity index is 1.70. The minimum absolute atomic E-state index is 0.0446. The van der Waals surface area contributed by atoms with Gasteiger partial charge in [-0.15, -0.1) is 11.8 Å². The number of carboxylic acids is 1. The van der Waals surface area contributed by atoms with Gasteiger partial charge < -0.3 is 10.4 Å². The summed E-state index contributed by atoms with van der Waals surface area (Å²) in [6.45, 7) is 0.555. The van der Waals surface area contributed by atoms with Gasteiger partial charge in [-0.05, 0) is 30.9 Å². The number of rotatable bonds is 6. The maximum atomic E-state index is 12.0. The molecule has 0 saturated heterocycles. The lowest BCUT2D eigenvalue weighted by atomic mass is 10.1. The Labute approximate surface area is 116 Å². The number of hydrogen-bond acceptors (Lipinski definition) is 3. The van der Waals surface area contributed by atoms with Crippen LogP contribution in [0.3, 0.4) is 0 Å². The molecule has 0 aromatic heterocycles. The van der Waals surface area contributed by atoms with Crippen LogP contribution in [0.15, 0.2) is 29.2 Å². The molecule has 1 amide bonds. The van der Waals surface area contributed by atoms with Crippen LogP contribution in [0.5, 0.6) is 0 Å². The van der Waals surface area contributed by atoms with E-state index in [-0.39, 0.29) is 17.6 Å². The molecule has 1 heterocycles. The molecule has 1 atom stereocenters. The maximum absolute atomic E-state index is 12.0. The fourth-order valence-electron chi connectivity index (χ4n) is 2.05. The fraction of sp³-hybridized carbons (Fsp3) is 0.429. The molecule has 1 aliphatic heterocycles. The number of carbonyl (C=O) groups excluding carboxylic acids is 1. The van der Waals surface area contributed by atoms with Crippen molar-refractivity contribution in [3.05, 3.63) is 29.8 Å². The van der Waals surface area contributed by atoms with Gasteiger partial charge in [0.15, 0.2) is 0 Å². The van der Waals surface area contributed by atoms with Gasteiger partial charge in [0.2, 0.25) is 5.91 Å². The van der Waals surface area contributed by atoms with E-state index in [2.05, 4.69) is 11.4 Å². The van der Waals surface area contributed by atoms with Gasteiger partial charge in [0, 0.05) is 17.9 Å². The molecule has 0 bridgehead atoms. The van der Waals surface area contributed by atoms with Crippen LogP contribution in [0.2, 0.25) is 0 Å². The number of carboxylic acid groups (broad SMARTS) is 1. The molecule has 5 heteroatoms. The van der Waals surface area contributed by atoms with E-state index in [1.807, 2.05) is 18.2 Å². The zero-order valence-electron chi connectivity index (χ0n) is 10.6. The van der Waals surface area contributed by atoms with Crippen molar-refractivity contribution < 1.29 is 14.7 Å². The van der Waals surface area contributed by atoms with Gasteiger partial charge >= 0.3 is 5.97 Å². The van der Waals surface area contributed by atoms with Crippen LogP contribution in [0, 0.1) is 0 Å². The van der Waals surface area contributed by atoms with Crippen molar-refractivity contribution in [2.75, 3.05) is 6.54 Å². The van der Waals surface area contributed by atoms with Gasteiger partial charge in [-0.25, -0.2) is 0 Å². The summed E-state index contributed by atoms with van der Waals surface area (Å²) < 4.78 is 0. The number of nitrogens with one attached hydrogen (secondary N) is 1. The Hall–Kier alpha value is -1.49. The molecule has 0 radical (unpaired) electrons. The smallest absolute Gasteiger partial charge is 0.303 e. The summed E-state index contributed by atoms with van der Waals surface area (Å²) in [5.74, 6) is -0.732. The van der Waals surface area contributed by atoms with Crippen LogP contribution >= 0.6 is 11.8 Å². The molecule has 1 aromatic carbocycles. The predicted molar refractivity (Wildman–Crippen MR) is 74.3 cm³/mol. The SMILES string of the molecule is O=C(O)CCCCNC(=O)C1Cc2ccccc2S1. The van der Waals surface area contributed by atoms with Crippen molar-refractivity contribution in [2.45, 2.75) is 35.8 Å². The van der Waals surface area contributed by atoms with Crippen molar-refractivity contribution in [1.82, 2.24) is 5.32 Å². The lowest BCUT2D eigenvalue weighted by Gasteiger charge is -2.09. The highest BCUT2D eigenvalue weighted by Crippen LogP contribution is 2.36. The van der Waals surface area contributed by atoms with E-state index in [1.54, 1.807) is 11.8 Å². The summed E-state index contributed by atoms with van der Waals surface area (Å²) in [6.07, 6.45) is 2.26. The second kappa shape index (κ2) is 6.61. The molecule has 1 aromatic rings. The van der Waals surface area contributed by atoms with Crippen LogP contribution in [0.25, 0.3) is 0 Å². The summed E-state index contributed by atoms with van der Waals surface area (Å²) in [6, 6.07) is 8.08. The first-order chi connectivity index (χ1) is 9.16.